The molecule has 0 unspecified atom stereocenters. The fourth-order valence-electron chi connectivity index (χ4n) is 1.96. The molecule has 0 aliphatic heterocycles. The van der Waals surface area contributed by atoms with Crippen LogP contribution in [-0.2, 0) is 6.42 Å². The molecular weight excluding hydrogens is 246 g/mol. The standard InChI is InChI=1S/C12H13N5S/c1-3-9-14-15-12-17(9)16-11(18-12)10-7(2)5-4-6-8(10)13/h4-6H,3,13H2,1-2H3. The minimum atomic E-state index is 0.748. The van der Waals surface area contributed by atoms with Gasteiger partial charge in [0.2, 0.25) is 4.96 Å². The Balaban J connectivity index is 2.23. The van der Waals surface area contributed by atoms with Crippen LogP contribution in [0.15, 0.2) is 18.2 Å². The van der Waals surface area contributed by atoms with Gasteiger partial charge in [0, 0.05) is 17.7 Å². The molecule has 2 aromatic heterocycles. The highest BCUT2D eigenvalue weighted by Crippen LogP contribution is 2.32. The van der Waals surface area contributed by atoms with Gasteiger partial charge in [0.15, 0.2) is 5.82 Å². The van der Waals surface area contributed by atoms with Crippen LogP contribution < -0.4 is 5.73 Å². The van der Waals surface area contributed by atoms with E-state index in [1.807, 2.05) is 32.0 Å². The minimum Gasteiger partial charge on any atom is -0.398 e. The van der Waals surface area contributed by atoms with Gasteiger partial charge in [-0.05, 0) is 18.6 Å². The SMILES string of the molecule is CCc1nnc2sc(-c3c(C)cccc3N)nn12. The second-order valence-corrected chi connectivity index (χ2v) is 5.07. The van der Waals surface area contributed by atoms with Crippen molar-refractivity contribution >= 4 is 22.0 Å². The molecule has 1 aromatic carbocycles. The molecule has 5 nitrogen and oxygen atoms in total. The van der Waals surface area contributed by atoms with Crippen LogP contribution >= 0.6 is 11.3 Å². The number of nitrogens with two attached hydrogens (primary N) is 1. The Morgan fingerprint density at radius 3 is 2.89 bits per heavy atom. The summed E-state index contributed by atoms with van der Waals surface area (Å²) in [5.41, 5.74) is 8.90. The predicted octanol–water partition coefficient (Wildman–Crippen LogP) is 2.31. The molecule has 0 radical (unpaired) electrons. The van der Waals surface area contributed by atoms with E-state index in [1.54, 1.807) is 4.52 Å². The number of benzene rings is 1. The van der Waals surface area contributed by atoms with Crippen LogP contribution in [0.3, 0.4) is 0 Å². The van der Waals surface area contributed by atoms with Gasteiger partial charge in [-0.1, -0.05) is 30.4 Å². The molecule has 0 saturated heterocycles. The normalized spacial score (nSPS) is 11.2. The summed E-state index contributed by atoms with van der Waals surface area (Å²) in [6.45, 7) is 4.08. The van der Waals surface area contributed by atoms with Gasteiger partial charge in [-0.15, -0.1) is 10.2 Å². The largest absolute Gasteiger partial charge is 0.398 e. The predicted molar refractivity (Wildman–Crippen MR) is 72.6 cm³/mol. The first-order valence-electron chi connectivity index (χ1n) is 5.77. The van der Waals surface area contributed by atoms with E-state index in [9.17, 15) is 0 Å². The molecule has 0 bridgehead atoms. The van der Waals surface area contributed by atoms with Crippen molar-refractivity contribution in [1.82, 2.24) is 19.8 Å². The highest BCUT2D eigenvalue weighted by molar-refractivity contribution is 7.19. The van der Waals surface area contributed by atoms with Crippen LogP contribution in [0.5, 0.6) is 0 Å². The molecule has 2 N–H and O–H groups in total. The summed E-state index contributed by atoms with van der Waals surface area (Å²) in [6.07, 6.45) is 0.813. The van der Waals surface area contributed by atoms with Crippen LogP contribution in [-0.4, -0.2) is 19.8 Å². The smallest absolute Gasteiger partial charge is 0.234 e. The Morgan fingerprint density at radius 2 is 2.17 bits per heavy atom. The topological polar surface area (TPSA) is 69.1 Å². The van der Waals surface area contributed by atoms with Crippen molar-refractivity contribution in [2.75, 3.05) is 5.73 Å². The summed E-state index contributed by atoms with van der Waals surface area (Å²) < 4.78 is 1.80. The third-order valence-corrected chi connectivity index (χ3v) is 3.81. The summed E-state index contributed by atoms with van der Waals surface area (Å²) in [6, 6.07) is 5.88. The summed E-state index contributed by atoms with van der Waals surface area (Å²) in [5.74, 6) is 0.875. The molecule has 6 heteroatoms. The first-order valence-corrected chi connectivity index (χ1v) is 6.59. The van der Waals surface area contributed by atoms with Gasteiger partial charge in [-0.2, -0.15) is 9.61 Å². The lowest BCUT2D eigenvalue weighted by Gasteiger charge is -2.04. The fraction of sp³-hybridized carbons (Fsp3) is 0.250. The van der Waals surface area contributed by atoms with Crippen molar-refractivity contribution in [3.63, 3.8) is 0 Å². The van der Waals surface area contributed by atoms with E-state index in [0.717, 1.165) is 39.0 Å². The van der Waals surface area contributed by atoms with Crippen LogP contribution in [0.2, 0.25) is 0 Å². The Labute approximate surface area is 108 Å². The average Bonchev–Trinajstić information content (AvgIpc) is 2.88. The number of aryl methyl sites for hydroxylation is 2. The van der Waals surface area contributed by atoms with E-state index in [0.29, 0.717) is 0 Å². The lowest BCUT2D eigenvalue weighted by molar-refractivity contribution is 0.838. The maximum Gasteiger partial charge on any atom is 0.234 e. The second-order valence-electron chi connectivity index (χ2n) is 4.11. The Bertz CT molecular complexity index is 692. The van der Waals surface area contributed by atoms with Crippen LogP contribution in [0, 0.1) is 6.92 Å². The van der Waals surface area contributed by atoms with Crippen molar-refractivity contribution in [2.24, 2.45) is 0 Å². The molecule has 3 aromatic rings. The third kappa shape index (κ3) is 1.57. The highest BCUT2D eigenvalue weighted by Gasteiger charge is 2.14. The summed E-state index contributed by atoms with van der Waals surface area (Å²) in [7, 11) is 0. The van der Waals surface area contributed by atoms with Crippen molar-refractivity contribution in [3.05, 3.63) is 29.6 Å². The maximum atomic E-state index is 6.04. The molecule has 0 fully saturated rings. The third-order valence-electron chi connectivity index (χ3n) is 2.89. The molecule has 0 atom stereocenters. The summed E-state index contributed by atoms with van der Waals surface area (Å²) >= 11 is 1.51. The molecule has 0 aliphatic rings. The number of hydrogen-bond acceptors (Lipinski definition) is 5. The van der Waals surface area contributed by atoms with Gasteiger partial charge < -0.3 is 5.73 Å². The average molecular weight is 259 g/mol. The monoisotopic (exact) mass is 259 g/mol. The number of rotatable bonds is 2. The Kier molecular flexibility index (Phi) is 2.52. The van der Waals surface area contributed by atoms with E-state index >= 15 is 0 Å². The van der Waals surface area contributed by atoms with Gasteiger partial charge in [0.1, 0.15) is 5.01 Å². The zero-order valence-electron chi connectivity index (χ0n) is 10.2. The first-order chi connectivity index (χ1) is 8.70. The van der Waals surface area contributed by atoms with Gasteiger partial charge in [-0.3, -0.25) is 0 Å². The second kappa shape index (κ2) is 4.06. The molecule has 92 valence electrons. The Hall–Kier alpha value is -1.95. The lowest BCUT2D eigenvalue weighted by atomic mass is 10.1. The molecular formula is C12H13N5S. The summed E-state index contributed by atoms with van der Waals surface area (Å²) in [4.78, 5) is 0.810. The quantitative estimate of drug-likeness (QED) is 0.717. The number of hydrogen-bond donors (Lipinski definition) is 1. The maximum absolute atomic E-state index is 6.04. The summed E-state index contributed by atoms with van der Waals surface area (Å²) in [5, 5.41) is 13.7. The van der Waals surface area contributed by atoms with Gasteiger partial charge >= 0.3 is 0 Å². The van der Waals surface area contributed by atoms with Gasteiger partial charge in [0.05, 0.1) is 0 Å². The Morgan fingerprint density at radius 1 is 1.33 bits per heavy atom. The van der Waals surface area contributed by atoms with Crippen LogP contribution in [0.25, 0.3) is 15.5 Å². The number of anilines is 1. The van der Waals surface area contributed by atoms with Crippen molar-refractivity contribution in [3.8, 4) is 10.6 Å². The fourth-order valence-corrected chi connectivity index (χ4v) is 2.95. The molecule has 0 spiro atoms. The lowest BCUT2D eigenvalue weighted by Crippen LogP contribution is -1.96. The highest BCUT2D eigenvalue weighted by atomic mass is 32.1. The van der Waals surface area contributed by atoms with E-state index in [-0.39, 0.29) is 0 Å². The van der Waals surface area contributed by atoms with Crippen molar-refractivity contribution in [2.45, 2.75) is 20.3 Å². The van der Waals surface area contributed by atoms with Gasteiger partial charge in [-0.25, -0.2) is 0 Å². The van der Waals surface area contributed by atoms with E-state index in [2.05, 4.69) is 15.3 Å². The van der Waals surface area contributed by atoms with Crippen LogP contribution in [0.4, 0.5) is 5.69 Å². The number of nitrogen functional groups attached to an aromatic ring is 1. The molecule has 0 aliphatic carbocycles. The van der Waals surface area contributed by atoms with Crippen LogP contribution in [0.1, 0.15) is 18.3 Å². The first kappa shape index (κ1) is 11.2. The zero-order chi connectivity index (χ0) is 12.7. The van der Waals surface area contributed by atoms with E-state index < -0.39 is 0 Å². The molecule has 3 rings (SSSR count). The molecule has 18 heavy (non-hydrogen) atoms. The molecule has 2 heterocycles. The molecule has 0 amide bonds. The minimum absolute atomic E-state index is 0.748. The van der Waals surface area contributed by atoms with Crippen molar-refractivity contribution in [1.29, 1.82) is 0 Å². The van der Waals surface area contributed by atoms with Gasteiger partial charge in [0.25, 0.3) is 0 Å². The number of aromatic nitrogens is 4. The number of nitrogens with zero attached hydrogens (tertiary/aromatic N) is 4. The van der Waals surface area contributed by atoms with Crippen molar-refractivity contribution < 1.29 is 0 Å². The number of fused-ring (bicyclic) bond motifs is 1. The molecule has 0 saturated carbocycles. The van der Waals surface area contributed by atoms with E-state index in [1.165, 1.54) is 11.3 Å². The zero-order valence-corrected chi connectivity index (χ0v) is 11.0. The van der Waals surface area contributed by atoms with E-state index in [4.69, 9.17) is 5.73 Å².